The molecule has 0 bridgehead atoms. The Morgan fingerprint density at radius 2 is 2.12 bits per heavy atom. The molecule has 11 heteroatoms. The number of aliphatic carboxylic acids is 1. The molecule has 1 aromatic carbocycles. The summed E-state index contributed by atoms with van der Waals surface area (Å²) < 4.78 is 29.7. The third-order valence-corrected chi connectivity index (χ3v) is 7.71. The van der Waals surface area contributed by atoms with Gasteiger partial charge in [-0.05, 0) is 40.8 Å². The molecule has 140 valence electrons. The Hall–Kier alpha value is -1.18. The minimum absolute atomic E-state index is 0.0128. The quantitative estimate of drug-likeness (QED) is 0.584. The van der Waals surface area contributed by atoms with Crippen LogP contribution in [0.5, 0.6) is 0 Å². The van der Waals surface area contributed by atoms with Crippen molar-refractivity contribution in [1.29, 1.82) is 0 Å². The molecule has 1 amide bonds. The van der Waals surface area contributed by atoms with Gasteiger partial charge in [-0.1, -0.05) is 17.8 Å². The number of amides is 1. The number of benzene rings is 1. The summed E-state index contributed by atoms with van der Waals surface area (Å²) in [5.41, 5.74) is 0.770. The number of fused-ring (bicyclic) bond motifs is 1. The molecular formula is C15H15IN2O6S2. The number of hydrogen-bond acceptors (Lipinski definition) is 6. The van der Waals surface area contributed by atoms with Crippen LogP contribution < -0.4 is 4.90 Å². The standard InChI is InChI=1S/C15H15IN2O6S2/c16-9-2-1-3-10(4-9)18-11-7-26(22,23)8-12(11)25-15(18)17-13(19)5-24-6-14(20)21/h1-4,11-12H,5-8H2,(H,20,21)/t11-,12+/m1/s1. The number of carbonyl (C=O) groups is 2. The van der Waals surface area contributed by atoms with Crippen molar-refractivity contribution in [2.24, 2.45) is 4.99 Å². The highest BCUT2D eigenvalue weighted by atomic mass is 127. The van der Waals surface area contributed by atoms with Gasteiger partial charge in [-0.25, -0.2) is 13.2 Å². The van der Waals surface area contributed by atoms with Crippen molar-refractivity contribution in [2.45, 2.75) is 11.3 Å². The SMILES string of the molecule is O=C(O)COCC(=O)N=C1S[C@H]2CS(=O)(=O)C[C@H]2N1c1cccc(I)c1. The Morgan fingerprint density at radius 3 is 2.81 bits per heavy atom. The van der Waals surface area contributed by atoms with Gasteiger partial charge in [-0.3, -0.25) is 4.79 Å². The van der Waals surface area contributed by atoms with Gasteiger partial charge < -0.3 is 14.7 Å². The molecule has 0 aromatic heterocycles. The van der Waals surface area contributed by atoms with Crippen molar-refractivity contribution >= 4 is 66.9 Å². The van der Waals surface area contributed by atoms with Gasteiger partial charge in [-0.15, -0.1) is 0 Å². The van der Waals surface area contributed by atoms with E-state index in [0.29, 0.717) is 5.17 Å². The van der Waals surface area contributed by atoms with Crippen molar-refractivity contribution in [1.82, 2.24) is 0 Å². The van der Waals surface area contributed by atoms with Gasteiger partial charge in [0.2, 0.25) is 0 Å². The van der Waals surface area contributed by atoms with E-state index < -0.39 is 34.9 Å². The van der Waals surface area contributed by atoms with E-state index in [1.807, 2.05) is 24.3 Å². The lowest BCUT2D eigenvalue weighted by molar-refractivity contribution is -0.143. The van der Waals surface area contributed by atoms with Crippen molar-refractivity contribution in [3.63, 3.8) is 0 Å². The van der Waals surface area contributed by atoms with Crippen LogP contribution >= 0.6 is 34.4 Å². The monoisotopic (exact) mass is 510 g/mol. The van der Waals surface area contributed by atoms with Crippen molar-refractivity contribution in [3.8, 4) is 0 Å². The van der Waals surface area contributed by atoms with Crippen molar-refractivity contribution < 1.29 is 27.9 Å². The third kappa shape index (κ3) is 4.56. The third-order valence-electron chi connectivity index (χ3n) is 3.82. The summed E-state index contributed by atoms with van der Waals surface area (Å²) in [5, 5.41) is 8.77. The molecule has 2 saturated heterocycles. The fraction of sp³-hybridized carbons (Fsp3) is 0.400. The van der Waals surface area contributed by atoms with Gasteiger partial charge >= 0.3 is 5.97 Å². The smallest absolute Gasteiger partial charge is 0.329 e. The van der Waals surface area contributed by atoms with Gasteiger partial charge in [0.1, 0.15) is 13.2 Å². The second-order valence-corrected chi connectivity index (χ2v) is 10.4. The summed E-state index contributed by atoms with van der Waals surface area (Å²) in [6.45, 7) is -1.02. The number of carboxylic acids is 1. The number of halogens is 1. The molecule has 2 aliphatic rings. The second-order valence-electron chi connectivity index (χ2n) is 5.83. The highest BCUT2D eigenvalue weighted by Crippen LogP contribution is 2.41. The summed E-state index contributed by atoms with van der Waals surface area (Å²) in [6, 6.07) is 7.23. The zero-order valence-electron chi connectivity index (χ0n) is 13.4. The van der Waals surface area contributed by atoms with Crippen LogP contribution in [-0.4, -0.2) is 66.6 Å². The summed E-state index contributed by atoms with van der Waals surface area (Å²) in [5.74, 6) is -1.71. The number of aliphatic imine (C=N–C) groups is 1. The predicted octanol–water partition coefficient (Wildman–Crippen LogP) is 0.994. The normalized spacial score (nSPS) is 25.4. The van der Waals surface area contributed by atoms with Crippen LogP contribution in [0.1, 0.15) is 0 Å². The van der Waals surface area contributed by atoms with Gasteiger partial charge in [-0.2, -0.15) is 4.99 Å². The lowest BCUT2D eigenvalue weighted by atomic mass is 10.2. The van der Waals surface area contributed by atoms with Gasteiger partial charge in [0, 0.05) is 14.5 Å². The molecule has 2 atom stereocenters. The average Bonchev–Trinajstić information content (AvgIpc) is 2.97. The Bertz CT molecular complexity index is 873. The summed E-state index contributed by atoms with van der Waals surface area (Å²) >= 11 is 3.42. The molecule has 8 nitrogen and oxygen atoms in total. The molecule has 1 N–H and O–H groups in total. The minimum Gasteiger partial charge on any atom is -0.480 e. The van der Waals surface area contributed by atoms with Crippen molar-refractivity contribution in [2.75, 3.05) is 29.6 Å². The molecule has 2 heterocycles. The van der Waals surface area contributed by atoms with E-state index >= 15 is 0 Å². The van der Waals surface area contributed by atoms with Crippen LogP contribution in [0.25, 0.3) is 0 Å². The maximum Gasteiger partial charge on any atom is 0.329 e. The highest BCUT2D eigenvalue weighted by Gasteiger charge is 2.49. The second kappa shape index (κ2) is 7.82. The molecule has 3 rings (SSSR count). The van der Waals surface area contributed by atoms with E-state index in [1.54, 1.807) is 4.90 Å². The molecule has 0 aliphatic carbocycles. The van der Waals surface area contributed by atoms with E-state index in [1.165, 1.54) is 11.8 Å². The Balaban J connectivity index is 1.85. The number of nitrogens with zero attached hydrogens (tertiary/aromatic N) is 2. The zero-order chi connectivity index (χ0) is 18.9. The van der Waals surface area contributed by atoms with Crippen LogP contribution in [0, 0.1) is 3.57 Å². The summed E-state index contributed by atoms with van der Waals surface area (Å²) in [7, 11) is -3.13. The van der Waals surface area contributed by atoms with Crippen LogP contribution in [0.2, 0.25) is 0 Å². The first kappa shape index (κ1) is 19.6. The number of thioether (sulfide) groups is 1. The molecule has 2 aliphatic heterocycles. The van der Waals surface area contributed by atoms with E-state index in [9.17, 15) is 18.0 Å². The Kier molecular flexibility index (Phi) is 5.89. The molecule has 0 radical (unpaired) electrons. The van der Waals surface area contributed by atoms with Crippen LogP contribution in [0.4, 0.5) is 5.69 Å². The zero-order valence-corrected chi connectivity index (χ0v) is 17.2. The number of carbonyl (C=O) groups excluding carboxylic acids is 1. The first-order chi connectivity index (χ1) is 12.2. The molecule has 0 saturated carbocycles. The lowest BCUT2D eigenvalue weighted by Crippen LogP contribution is -2.37. The van der Waals surface area contributed by atoms with Gasteiger partial charge in [0.15, 0.2) is 15.0 Å². The average molecular weight is 510 g/mol. The first-order valence-electron chi connectivity index (χ1n) is 7.58. The number of amidine groups is 1. The Morgan fingerprint density at radius 1 is 1.35 bits per heavy atom. The summed E-state index contributed by atoms with van der Waals surface area (Å²) in [6.07, 6.45) is 0. The fourth-order valence-electron chi connectivity index (χ4n) is 2.86. The van der Waals surface area contributed by atoms with Gasteiger partial charge in [0.05, 0.1) is 17.5 Å². The number of anilines is 1. The maximum atomic E-state index is 12.0. The van der Waals surface area contributed by atoms with E-state index in [-0.39, 0.29) is 22.8 Å². The van der Waals surface area contributed by atoms with E-state index in [4.69, 9.17) is 9.84 Å². The molecule has 1 aromatic rings. The maximum absolute atomic E-state index is 12.0. The number of hydrogen-bond donors (Lipinski definition) is 1. The number of carboxylic acid groups (broad SMARTS) is 1. The van der Waals surface area contributed by atoms with E-state index in [0.717, 1.165) is 9.26 Å². The van der Waals surface area contributed by atoms with E-state index in [2.05, 4.69) is 27.6 Å². The number of ether oxygens (including phenoxy) is 1. The molecule has 0 spiro atoms. The fourth-order valence-corrected chi connectivity index (χ4v) is 7.31. The van der Waals surface area contributed by atoms with Crippen molar-refractivity contribution in [3.05, 3.63) is 27.8 Å². The molecular weight excluding hydrogens is 495 g/mol. The highest BCUT2D eigenvalue weighted by molar-refractivity contribution is 14.1. The Labute approximate surface area is 168 Å². The molecule has 0 unspecified atom stereocenters. The predicted molar refractivity (Wildman–Crippen MR) is 106 cm³/mol. The number of rotatable bonds is 5. The molecule has 26 heavy (non-hydrogen) atoms. The van der Waals surface area contributed by atoms with Crippen LogP contribution in [0.3, 0.4) is 0 Å². The lowest BCUT2D eigenvalue weighted by Gasteiger charge is -2.24. The molecule has 2 fully saturated rings. The largest absolute Gasteiger partial charge is 0.480 e. The first-order valence-corrected chi connectivity index (χ1v) is 11.4. The van der Waals surface area contributed by atoms with Crippen LogP contribution in [0.15, 0.2) is 29.3 Å². The number of sulfone groups is 1. The topological polar surface area (TPSA) is 113 Å². The minimum atomic E-state index is -3.13. The van der Waals surface area contributed by atoms with Gasteiger partial charge in [0.25, 0.3) is 5.91 Å². The summed E-state index contributed by atoms with van der Waals surface area (Å²) in [4.78, 5) is 28.3. The van der Waals surface area contributed by atoms with Crippen LogP contribution in [-0.2, 0) is 24.2 Å².